The van der Waals surface area contributed by atoms with Crippen molar-refractivity contribution in [3.8, 4) is 23.0 Å². The van der Waals surface area contributed by atoms with Crippen molar-refractivity contribution in [3.05, 3.63) is 82.8 Å². The fourth-order valence-electron chi connectivity index (χ4n) is 6.00. The Hall–Kier alpha value is -4.28. The third kappa shape index (κ3) is 8.41. The number of carbonyl (C=O) groups excluding carboxylic acids is 1. The Morgan fingerprint density at radius 1 is 1.08 bits per heavy atom. The monoisotopic (exact) mass is 685 g/mol. The van der Waals surface area contributed by atoms with Gasteiger partial charge in [0.25, 0.3) is 5.92 Å². The molecule has 2 aromatic carbocycles. The molecular weight excluding hydrogens is 650 g/mol. The van der Waals surface area contributed by atoms with E-state index in [1.54, 1.807) is 56.8 Å². The van der Waals surface area contributed by atoms with Crippen LogP contribution in [0.5, 0.6) is 0 Å². The highest BCUT2D eigenvalue weighted by molar-refractivity contribution is 7.89. The van der Waals surface area contributed by atoms with E-state index >= 15 is 0 Å². The summed E-state index contributed by atoms with van der Waals surface area (Å²) in [7, 11) is -1.78. The van der Waals surface area contributed by atoms with Gasteiger partial charge in [0.05, 0.1) is 41.9 Å². The van der Waals surface area contributed by atoms with Crippen LogP contribution >= 0.6 is 0 Å². The van der Waals surface area contributed by atoms with Gasteiger partial charge in [0.2, 0.25) is 0 Å². The molecule has 0 radical (unpaired) electrons. The highest BCUT2D eigenvalue weighted by Gasteiger charge is 2.55. The van der Waals surface area contributed by atoms with Crippen molar-refractivity contribution >= 4 is 26.7 Å². The highest BCUT2D eigenvalue weighted by atomic mass is 32.2. The normalized spacial score (nSPS) is 16.1. The second-order valence-corrected chi connectivity index (χ2v) is 15.6. The Morgan fingerprint density at radius 3 is 2.35 bits per heavy atom. The van der Waals surface area contributed by atoms with Crippen molar-refractivity contribution in [2.75, 3.05) is 6.26 Å². The number of hydrogen-bond acceptors (Lipinski definition) is 7. The number of carbonyl (C=O) groups is 1. The Morgan fingerprint density at radius 2 is 1.75 bits per heavy atom. The molecule has 48 heavy (non-hydrogen) atoms. The third-order valence-corrected chi connectivity index (χ3v) is 8.50. The number of aromatic nitrogens is 3. The first-order valence-corrected chi connectivity index (χ1v) is 17.2. The highest BCUT2D eigenvalue weighted by Crippen LogP contribution is 2.45. The zero-order chi connectivity index (χ0) is 35.2. The standard InChI is InChI=1S/C35H35F4N3O5S/c1-33(2,3)47-30(43)16-22(13-21-14-23(36)17-24(37)15-21)31-26(10-9-25(40-31)11-12-34(44)19-35(38,39)20-34)27-7-6-8-28-29(18-48(5,45)46)41-42(4)32(27)28/h6-10,14-15,17,22,44H,13,16,18-20H2,1-5H3/t22-/m1/s1. The molecule has 0 unspecified atom stereocenters. The SMILES string of the molecule is Cn1nc(CS(C)(=O)=O)c2cccc(-c3ccc(C#CC4(O)CC(F)(F)C4)nc3[C@@H](CC(=O)OC(C)(C)C)Cc3cc(F)cc(F)c3)c21. The maximum atomic E-state index is 14.3. The van der Waals surface area contributed by atoms with Gasteiger partial charge in [0, 0.05) is 41.8 Å². The summed E-state index contributed by atoms with van der Waals surface area (Å²) < 4.78 is 87.2. The van der Waals surface area contributed by atoms with Crippen LogP contribution < -0.4 is 0 Å². The van der Waals surface area contributed by atoms with E-state index in [9.17, 15) is 35.9 Å². The number of alkyl halides is 2. The zero-order valence-corrected chi connectivity index (χ0v) is 27.9. The van der Waals surface area contributed by atoms with Gasteiger partial charge < -0.3 is 9.84 Å². The van der Waals surface area contributed by atoms with E-state index in [0.29, 0.717) is 27.7 Å². The van der Waals surface area contributed by atoms with Crippen molar-refractivity contribution < 1.29 is 40.6 Å². The van der Waals surface area contributed by atoms with Crippen LogP contribution in [0.3, 0.4) is 0 Å². The average molecular weight is 686 g/mol. The van der Waals surface area contributed by atoms with Crippen LogP contribution in [0.15, 0.2) is 48.5 Å². The van der Waals surface area contributed by atoms with E-state index in [2.05, 4.69) is 16.9 Å². The number of hydrogen-bond donors (Lipinski definition) is 1. The van der Waals surface area contributed by atoms with Crippen molar-refractivity contribution in [1.29, 1.82) is 0 Å². The van der Waals surface area contributed by atoms with Crippen molar-refractivity contribution in [2.24, 2.45) is 7.05 Å². The number of aliphatic hydroxyl groups is 1. The minimum absolute atomic E-state index is 0.0539. The number of ether oxygens (including phenoxy) is 1. The van der Waals surface area contributed by atoms with E-state index in [-0.39, 0.29) is 35.5 Å². The Kier molecular flexibility index (Phi) is 9.22. The van der Waals surface area contributed by atoms with Gasteiger partial charge in [-0.25, -0.2) is 31.0 Å². The molecule has 1 saturated carbocycles. The maximum absolute atomic E-state index is 14.3. The first-order valence-electron chi connectivity index (χ1n) is 15.1. The lowest BCUT2D eigenvalue weighted by Crippen LogP contribution is -2.50. The van der Waals surface area contributed by atoms with Gasteiger partial charge in [-0.3, -0.25) is 9.48 Å². The molecular formula is C35H35F4N3O5S. The number of pyridine rings is 1. The van der Waals surface area contributed by atoms with Crippen LogP contribution in [0, 0.1) is 23.5 Å². The van der Waals surface area contributed by atoms with Gasteiger partial charge in [-0.2, -0.15) is 5.10 Å². The lowest BCUT2D eigenvalue weighted by Gasteiger charge is -2.39. The molecule has 1 aliphatic carbocycles. The fraction of sp³-hybridized carbons (Fsp3) is 0.400. The summed E-state index contributed by atoms with van der Waals surface area (Å²) in [6.45, 7) is 5.11. The first kappa shape index (κ1) is 35.0. The number of rotatable bonds is 8. The number of nitrogens with zero attached hydrogens (tertiary/aromatic N) is 3. The number of para-hydroxylation sites is 1. The van der Waals surface area contributed by atoms with Crippen molar-refractivity contribution in [3.63, 3.8) is 0 Å². The lowest BCUT2D eigenvalue weighted by molar-refractivity contribution is -0.176. The minimum atomic E-state index is -3.44. The van der Waals surface area contributed by atoms with Gasteiger partial charge in [-0.1, -0.05) is 24.1 Å². The minimum Gasteiger partial charge on any atom is -0.460 e. The second-order valence-electron chi connectivity index (χ2n) is 13.4. The molecule has 254 valence electrons. The summed E-state index contributed by atoms with van der Waals surface area (Å²) in [5.74, 6) is -1.21. The van der Waals surface area contributed by atoms with E-state index in [4.69, 9.17) is 9.72 Å². The summed E-state index contributed by atoms with van der Waals surface area (Å²) in [6.07, 6.45) is -0.840. The molecule has 0 amide bonds. The van der Waals surface area contributed by atoms with Gasteiger partial charge in [0.1, 0.15) is 28.5 Å². The number of sulfone groups is 1. The third-order valence-electron chi connectivity index (χ3n) is 7.70. The van der Waals surface area contributed by atoms with E-state index in [1.807, 2.05) is 0 Å². The molecule has 1 N–H and O–H groups in total. The molecule has 0 saturated heterocycles. The van der Waals surface area contributed by atoms with Gasteiger partial charge in [0.15, 0.2) is 9.84 Å². The van der Waals surface area contributed by atoms with E-state index < -0.39 is 63.3 Å². The average Bonchev–Trinajstić information content (AvgIpc) is 3.22. The quantitative estimate of drug-likeness (QED) is 0.137. The Labute approximate surface area is 276 Å². The van der Waals surface area contributed by atoms with Crippen molar-refractivity contribution in [2.45, 2.75) is 75.2 Å². The van der Waals surface area contributed by atoms with Crippen LogP contribution in [0.1, 0.15) is 68.6 Å². The summed E-state index contributed by atoms with van der Waals surface area (Å²) in [6, 6.07) is 11.5. The molecule has 0 aliphatic heterocycles. The van der Waals surface area contributed by atoms with Crippen LogP contribution in [-0.4, -0.2) is 57.6 Å². The summed E-state index contributed by atoms with van der Waals surface area (Å²) >= 11 is 0. The first-order chi connectivity index (χ1) is 22.2. The van der Waals surface area contributed by atoms with Crippen LogP contribution in [0.25, 0.3) is 22.0 Å². The topological polar surface area (TPSA) is 111 Å². The molecule has 2 heterocycles. The molecule has 1 fully saturated rings. The predicted molar refractivity (Wildman–Crippen MR) is 172 cm³/mol. The molecule has 0 bridgehead atoms. The largest absolute Gasteiger partial charge is 0.460 e. The molecule has 2 aromatic heterocycles. The molecule has 13 heteroatoms. The predicted octanol–water partition coefficient (Wildman–Crippen LogP) is 6.03. The molecule has 4 aromatic rings. The van der Waals surface area contributed by atoms with Crippen molar-refractivity contribution in [1.82, 2.24) is 14.8 Å². The number of fused-ring (bicyclic) bond motifs is 1. The Balaban J connectivity index is 1.71. The van der Waals surface area contributed by atoms with Crippen LogP contribution in [0.4, 0.5) is 17.6 Å². The summed E-state index contributed by atoms with van der Waals surface area (Å²) in [5.41, 5.74) is -0.154. The fourth-order valence-corrected chi connectivity index (χ4v) is 6.71. The van der Waals surface area contributed by atoms with E-state index in [0.717, 1.165) is 24.5 Å². The zero-order valence-electron chi connectivity index (χ0n) is 27.1. The Bertz CT molecular complexity index is 2050. The van der Waals surface area contributed by atoms with Gasteiger partial charge in [-0.15, -0.1) is 0 Å². The second kappa shape index (κ2) is 12.6. The number of benzene rings is 2. The van der Waals surface area contributed by atoms with E-state index in [1.165, 1.54) is 6.07 Å². The number of halogens is 4. The molecule has 1 atom stereocenters. The molecule has 0 spiro atoms. The summed E-state index contributed by atoms with van der Waals surface area (Å²) in [5, 5.41) is 15.5. The smallest absolute Gasteiger partial charge is 0.306 e. The van der Waals surface area contributed by atoms with Gasteiger partial charge >= 0.3 is 5.97 Å². The lowest BCUT2D eigenvalue weighted by atomic mass is 9.77. The molecule has 5 rings (SSSR count). The summed E-state index contributed by atoms with van der Waals surface area (Å²) in [4.78, 5) is 18.0. The van der Waals surface area contributed by atoms with Crippen LogP contribution in [-0.2, 0) is 38.6 Å². The van der Waals surface area contributed by atoms with Gasteiger partial charge in [-0.05, 0) is 62.9 Å². The molecule has 8 nitrogen and oxygen atoms in total. The molecule has 1 aliphatic rings. The number of aryl methyl sites for hydroxylation is 1. The van der Waals surface area contributed by atoms with Crippen LogP contribution in [0.2, 0.25) is 0 Å². The number of esters is 1. The maximum Gasteiger partial charge on any atom is 0.306 e.